The van der Waals surface area contributed by atoms with E-state index in [9.17, 15) is 0 Å². The van der Waals surface area contributed by atoms with Crippen LogP contribution in [0.25, 0.3) is 82.7 Å². The molecule has 0 spiro atoms. The zero-order valence-corrected chi connectivity index (χ0v) is 32.1. The second-order valence-corrected chi connectivity index (χ2v) is 21.1. The van der Waals surface area contributed by atoms with Crippen molar-refractivity contribution in [1.82, 2.24) is 9.55 Å². The summed E-state index contributed by atoms with van der Waals surface area (Å²) < 4.78 is 9.41. The maximum absolute atomic E-state index is 6.95. The maximum Gasteiger partial charge on any atom is 0.149 e. The van der Waals surface area contributed by atoms with E-state index < -0.39 is 8.07 Å². The van der Waals surface area contributed by atoms with Crippen molar-refractivity contribution < 1.29 is 4.42 Å². The molecule has 9 rings (SSSR count). The number of benzene rings is 7. The largest absolute Gasteiger partial charge is 0.455 e. The van der Waals surface area contributed by atoms with Crippen molar-refractivity contribution in [3.8, 4) is 28.2 Å². The lowest BCUT2D eigenvalue weighted by Gasteiger charge is -2.27. The molecule has 0 fully saturated rings. The van der Waals surface area contributed by atoms with Crippen LogP contribution in [0.5, 0.6) is 0 Å². The van der Waals surface area contributed by atoms with Crippen molar-refractivity contribution in [2.45, 2.75) is 59.2 Å². The van der Waals surface area contributed by atoms with Crippen LogP contribution in [-0.2, 0) is 0 Å². The topological polar surface area (TPSA) is 31.0 Å². The van der Waals surface area contributed by atoms with E-state index in [0.29, 0.717) is 11.8 Å². The second-order valence-electron chi connectivity index (χ2n) is 16.0. The van der Waals surface area contributed by atoms with Gasteiger partial charge in [0.05, 0.1) is 30.4 Å². The zero-order chi connectivity index (χ0) is 35.9. The number of nitrogens with zero attached hydrogens (tertiary/aromatic N) is 2. The van der Waals surface area contributed by atoms with Gasteiger partial charge in [0.15, 0.2) is 0 Å². The lowest BCUT2D eigenvalue weighted by Crippen LogP contribution is -2.38. The maximum atomic E-state index is 6.95. The average Bonchev–Trinajstić information content (AvgIpc) is 3.71. The average molecular weight is 693 g/mol. The predicted molar refractivity (Wildman–Crippen MR) is 225 cm³/mol. The lowest BCUT2D eigenvalue weighted by molar-refractivity contribution is 0.670. The number of rotatable bonds is 6. The van der Waals surface area contributed by atoms with Gasteiger partial charge in [-0.3, -0.25) is 4.57 Å². The monoisotopic (exact) mass is 692 g/mol. The van der Waals surface area contributed by atoms with Crippen LogP contribution in [0.3, 0.4) is 0 Å². The summed E-state index contributed by atoms with van der Waals surface area (Å²) in [6, 6.07) is 46.5. The standard InChI is InChI=1S/C48H44N2OSi/c1-29(2)39-26-35(52(5,6)7)27-40(30(3)4)46(39)50-44-25-33(31-14-9-8-10-15-31)22-23-43(44)49-48(50)38-19-13-18-37-42-24-34-21-20-32-16-11-12-17-36(32)41(34)28-45(42)51-47(37)38/h8-30H,1-7H3. The Morgan fingerprint density at radius 3 is 2.00 bits per heavy atom. The van der Waals surface area contributed by atoms with Crippen LogP contribution in [-0.4, -0.2) is 17.6 Å². The summed E-state index contributed by atoms with van der Waals surface area (Å²) in [5.74, 6) is 1.54. The van der Waals surface area contributed by atoms with Crippen LogP contribution in [0.15, 0.2) is 132 Å². The Labute approximate surface area is 306 Å². The van der Waals surface area contributed by atoms with Gasteiger partial charge in [0.1, 0.15) is 17.0 Å². The number of aromatic nitrogens is 2. The van der Waals surface area contributed by atoms with E-state index in [4.69, 9.17) is 9.40 Å². The summed E-state index contributed by atoms with van der Waals surface area (Å²) in [4.78, 5) is 5.49. The van der Waals surface area contributed by atoms with Crippen molar-refractivity contribution in [3.63, 3.8) is 0 Å². The minimum Gasteiger partial charge on any atom is -0.455 e. The molecular weight excluding hydrogens is 649 g/mol. The van der Waals surface area contributed by atoms with Gasteiger partial charge >= 0.3 is 0 Å². The molecule has 0 aliphatic heterocycles. The fraction of sp³-hybridized carbons (Fsp3) is 0.188. The normalized spacial score (nSPS) is 12.5. The molecule has 256 valence electrons. The first-order valence-electron chi connectivity index (χ1n) is 18.6. The molecule has 0 bridgehead atoms. The molecule has 7 aromatic carbocycles. The molecule has 0 aliphatic carbocycles. The third kappa shape index (κ3) is 5.19. The highest BCUT2D eigenvalue weighted by molar-refractivity contribution is 6.88. The third-order valence-corrected chi connectivity index (χ3v) is 12.9. The summed E-state index contributed by atoms with van der Waals surface area (Å²) in [5.41, 5.74) is 11.2. The molecule has 2 aromatic heterocycles. The van der Waals surface area contributed by atoms with Crippen molar-refractivity contribution in [1.29, 1.82) is 0 Å². The van der Waals surface area contributed by atoms with Crippen molar-refractivity contribution in [2.24, 2.45) is 0 Å². The quantitative estimate of drug-likeness (QED) is 0.128. The smallest absolute Gasteiger partial charge is 0.149 e. The Morgan fingerprint density at radius 1 is 0.577 bits per heavy atom. The zero-order valence-electron chi connectivity index (χ0n) is 31.1. The Morgan fingerprint density at radius 2 is 1.27 bits per heavy atom. The van der Waals surface area contributed by atoms with E-state index in [0.717, 1.165) is 44.4 Å². The summed E-state index contributed by atoms with van der Waals surface area (Å²) in [7, 11) is -1.61. The minimum absolute atomic E-state index is 0.315. The highest BCUT2D eigenvalue weighted by Crippen LogP contribution is 2.43. The fourth-order valence-corrected chi connectivity index (χ4v) is 9.20. The van der Waals surface area contributed by atoms with Gasteiger partial charge in [-0.2, -0.15) is 0 Å². The van der Waals surface area contributed by atoms with Gasteiger partial charge < -0.3 is 4.42 Å². The fourth-order valence-electron chi connectivity index (χ4n) is 8.02. The highest BCUT2D eigenvalue weighted by Gasteiger charge is 2.28. The van der Waals surface area contributed by atoms with E-state index >= 15 is 0 Å². The molecule has 3 nitrogen and oxygen atoms in total. The number of fused-ring (bicyclic) bond motifs is 7. The van der Waals surface area contributed by atoms with Crippen LogP contribution in [0, 0.1) is 0 Å². The van der Waals surface area contributed by atoms with E-state index in [-0.39, 0.29) is 0 Å². The summed E-state index contributed by atoms with van der Waals surface area (Å²) >= 11 is 0. The number of para-hydroxylation sites is 1. The third-order valence-electron chi connectivity index (χ3n) is 10.9. The first-order valence-corrected chi connectivity index (χ1v) is 22.1. The van der Waals surface area contributed by atoms with Gasteiger partial charge in [-0.15, -0.1) is 0 Å². The molecule has 9 aromatic rings. The molecule has 0 amide bonds. The van der Waals surface area contributed by atoms with Gasteiger partial charge in [0.25, 0.3) is 0 Å². The van der Waals surface area contributed by atoms with Crippen LogP contribution >= 0.6 is 0 Å². The van der Waals surface area contributed by atoms with Crippen LogP contribution in [0.1, 0.15) is 50.7 Å². The SMILES string of the molecule is CC(C)c1cc([Si](C)(C)C)cc(C(C)C)c1-n1c(-c2cccc3c2oc2cc4c(ccc5ccccc54)cc23)nc2ccc(-c3ccccc3)cc21. The molecule has 0 saturated heterocycles. The molecule has 0 atom stereocenters. The summed E-state index contributed by atoms with van der Waals surface area (Å²) in [6.45, 7) is 16.7. The Bertz CT molecular complexity index is 2800. The van der Waals surface area contributed by atoms with Crippen molar-refractivity contribution >= 4 is 67.8 Å². The molecule has 0 radical (unpaired) electrons. The van der Waals surface area contributed by atoms with Gasteiger partial charge in [-0.25, -0.2) is 4.98 Å². The summed E-state index contributed by atoms with van der Waals surface area (Å²) in [6.07, 6.45) is 0. The highest BCUT2D eigenvalue weighted by atomic mass is 28.3. The molecular formula is C48H44N2OSi. The van der Waals surface area contributed by atoms with Gasteiger partial charge in [0, 0.05) is 10.8 Å². The van der Waals surface area contributed by atoms with Crippen LogP contribution in [0.4, 0.5) is 0 Å². The Balaban J connectivity index is 1.39. The summed E-state index contributed by atoms with van der Waals surface area (Å²) in [5, 5.41) is 8.62. The molecule has 2 heterocycles. The molecule has 0 unspecified atom stereocenters. The second kappa shape index (κ2) is 12.1. The number of furan rings is 1. The molecule has 0 N–H and O–H groups in total. The van der Waals surface area contributed by atoms with Crippen molar-refractivity contribution in [2.75, 3.05) is 0 Å². The predicted octanol–water partition coefficient (Wildman–Crippen LogP) is 13.4. The molecule has 0 saturated carbocycles. The molecule has 4 heteroatoms. The number of hydrogen-bond donors (Lipinski definition) is 0. The Kier molecular flexibility index (Phi) is 7.53. The lowest BCUT2D eigenvalue weighted by atomic mass is 9.92. The number of imidazole rings is 1. The Hall–Kier alpha value is -5.45. The first kappa shape index (κ1) is 32.5. The molecule has 0 aliphatic rings. The number of hydrogen-bond acceptors (Lipinski definition) is 2. The van der Waals surface area contributed by atoms with E-state index in [1.54, 1.807) is 0 Å². The van der Waals surface area contributed by atoms with Crippen LogP contribution in [0.2, 0.25) is 19.6 Å². The van der Waals surface area contributed by atoms with Crippen molar-refractivity contribution in [3.05, 3.63) is 139 Å². The van der Waals surface area contributed by atoms with E-state index in [1.807, 2.05) is 0 Å². The molecule has 52 heavy (non-hydrogen) atoms. The van der Waals surface area contributed by atoms with E-state index in [1.165, 1.54) is 54.7 Å². The van der Waals surface area contributed by atoms with Gasteiger partial charge in [0.2, 0.25) is 0 Å². The van der Waals surface area contributed by atoms with E-state index in [2.05, 4.69) is 179 Å². The van der Waals surface area contributed by atoms with Gasteiger partial charge in [-0.05, 0) is 86.0 Å². The van der Waals surface area contributed by atoms with Crippen LogP contribution < -0.4 is 5.19 Å². The van der Waals surface area contributed by atoms with Gasteiger partial charge in [-0.1, -0.05) is 150 Å². The first-order chi connectivity index (χ1) is 25.1. The minimum atomic E-state index is -1.61.